The van der Waals surface area contributed by atoms with Crippen LogP contribution in [0.25, 0.3) is 0 Å². The van der Waals surface area contributed by atoms with E-state index in [0.717, 1.165) is 5.56 Å². The van der Waals surface area contributed by atoms with E-state index in [0.29, 0.717) is 0 Å². The maximum absolute atomic E-state index is 11.4. The van der Waals surface area contributed by atoms with Gasteiger partial charge < -0.3 is 15.2 Å². The monoisotopic (exact) mass is 237 g/mol. The van der Waals surface area contributed by atoms with Gasteiger partial charge in [0.15, 0.2) is 0 Å². The van der Waals surface area contributed by atoms with Crippen molar-refractivity contribution in [2.24, 2.45) is 0 Å². The number of rotatable bonds is 5. The van der Waals surface area contributed by atoms with Crippen LogP contribution < -0.4 is 5.32 Å². The summed E-state index contributed by atoms with van der Waals surface area (Å²) < 4.78 is 4.44. The Balaban J connectivity index is 2.32. The van der Waals surface area contributed by atoms with E-state index in [4.69, 9.17) is 0 Å². The predicted octanol–water partition coefficient (Wildman–Crippen LogP) is 0.614. The molecule has 0 spiro atoms. The number of benzene rings is 1. The van der Waals surface area contributed by atoms with Gasteiger partial charge in [-0.15, -0.1) is 0 Å². The molecular weight excluding hydrogens is 222 g/mol. The number of nitrogens with one attached hydrogen (secondary N) is 1. The van der Waals surface area contributed by atoms with Gasteiger partial charge in [-0.05, 0) is 17.7 Å². The van der Waals surface area contributed by atoms with E-state index in [-0.39, 0.29) is 37.0 Å². The SMILES string of the molecule is COC(=O)CCNC(=O)Cc1cccc(O)c1. The second-order valence-electron chi connectivity index (χ2n) is 3.52. The lowest BCUT2D eigenvalue weighted by Crippen LogP contribution is -2.27. The summed E-state index contributed by atoms with van der Waals surface area (Å²) >= 11 is 0. The van der Waals surface area contributed by atoms with Gasteiger partial charge in [-0.25, -0.2) is 0 Å². The molecule has 92 valence electrons. The number of hydrogen-bond donors (Lipinski definition) is 2. The Kier molecular flexibility index (Phi) is 5.00. The number of esters is 1. The molecule has 5 nitrogen and oxygen atoms in total. The van der Waals surface area contributed by atoms with Gasteiger partial charge in [-0.2, -0.15) is 0 Å². The highest BCUT2D eigenvalue weighted by atomic mass is 16.5. The summed E-state index contributed by atoms with van der Waals surface area (Å²) in [6.45, 7) is 0.254. The van der Waals surface area contributed by atoms with Gasteiger partial charge in [0.25, 0.3) is 0 Å². The van der Waals surface area contributed by atoms with Crippen molar-refractivity contribution in [3.63, 3.8) is 0 Å². The zero-order chi connectivity index (χ0) is 12.7. The molecule has 1 aromatic rings. The fourth-order valence-electron chi connectivity index (χ4n) is 1.32. The first-order chi connectivity index (χ1) is 8.11. The Morgan fingerprint density at radius 2 is 2.18 bits per heavy atom. The van der Waals surface area contributed by atoms with Crippen molar-refractivity contribution in [2.75, 3.05) is 13.7 Å². The highest BCUT2D eigenvalue weighted by Gasteiger charge is 2.05. The average Bonchev–Trinajstić information content (AvgIpc) is 2.28. The Bertz CT molecular complexity index is 403. The lowest BCUT2D eigenvalue weighted by Gasteiger charge is -2.04. The third-order valence-corrected chi connectivity index (χ3v) is 2.15. The molecule has 0 saturated heterocycles. The Morgan fingerprint density at radius 3 is 2.82 bits per heavy atom. The van der Waals surface area contributed by atoms with E-state index in [9.17, 15) is 14.7 Å². The fraction of sp³-hybridized carbons (Fsp3) is 0.333. The van der Waals surface area contributed by atoms with Crippen LogP contribution in [-0.4, -0.2) is 30.6 Å². The summed E-state index contributed by atoms with van der Waals surface area (Å²) in [5.41, 5.74) is 0.723. The summed E-state index contributed by atoms with van der Waals surface area (Å²) in [6.07, 6.45) is 0.331. The van der Waals surface area contributed by atoms with Crippen molar-refractivity contribution in [3.8, 4) is 5.75 Å². The van der Waals surface area contributed by atoms with Gasteiger partial charge in [0.2, 0.25) is 5.91 Å². The Morgan fingerprint density at radius 1 is 1.41 bits per heavy atom. The molecule has 1 aromatic carbocycles. The number of carbonyl (C=O) groups excluding carboxylic acids is 2. The molecule has 0 atom stereocenters. The summed E-state index contributed by atoms with van der Waals surface area (Å²) in [7, 11) is 1.30. The van der Waals surface area contributed by atoms with Crippen LogP contribution in [0.5, 0.6) is 5.75 Å². The minimum Gasteiger partial charge on any atom is -0.508 e. The van der Waals surface area contributed by atoms with Gasteiger partial charge in [0, 0.05) is 6.54 Å². The van der Waals surface area contributed by atoms with E-state index in [2.05, 4.69) is 10.1 Å². The number of carbonyl (C=O) groups is 2. The van der Waals surface area contributed by atoms with Gasteiger partial charge in [0.05, 0.1) is 20.0 Å². The van der Waals surface area contributed by atoms with E-state index in [1.54, 1.807) is 18.2 Å². The third kappa shape index (κ3) is 5.01. The number of aromatic hydroxyl groups is 1. The lowest BCUT2D eigenvalue weighted by atomic mass is 10.1. The molecule has 0 heterocycles. The first-order valence-corrected chi connectivity index (χ1v) is 5.23. The van der Waals surface area contributed by atoms with Crippen LogP contribution in [0.2, 0.25) is 0 Å². The van der Waals surface area contributed by atoms with Crippen LogP contribution in [0.1, 0.15) is 12.0 Å². The molecule has 2 N–H and O–H groups in total. The number of ether oxygens (including phenoxy) is 1. The standard InChI is InChI=1S/C12H15NO4/c1-17-12(16)5-6-13-11(15)8-9-3-2-4-10(14)7-9/h2-4,7,14H,5-6,8H2,1H3,(H,13,15). The summed E-state index contributed by atoms with van der Waals surface area (Å²) in [6, 6.07) is 6.49. The highest BCUT2D eigenvalue weighted by Crippen LogP contribution is 2.11. The van der Waals surface area contributed by atoms with Crippen molar-refractivity contribution in [1.82, 2.24) is 5.32 Å². The molecule has 0 aliphatic heterocycles. The minimum atomic E-state index is -0.359. The zero-order valence-electron chi connectivity index (χ0n) is 9.60. The first kappa shape index (κ1) is 13.0. The van der Waals surface area contributed by atoms with Crippen molar-refractivity contribution >= 4 is 11.9 Å². The Hall–Kier alpha value is -2.04. The third-order valence-electron chi connectivity index (χ3n) is 2.15. The van der Waals surface area contributed by atoms with Crippen LogP contribution in [-0.2, 0) is 20.7 Å². The summed E-state index contributed by atoms with van der Waals surface area (Å²) in [5, 5.41) is 11.8. The molecule has 0 bridgehead atoms. The topological polar surface area (TPSA) is 75.6 Å². The predicted molar refractivity (Wildman–Crippen MR) is 61.5 cm³/mol. The van der Waals surface area contributed by atoms with Crippen LogP contribution >= 0.6 is 0 Å². The van der Waals surface area contributed by atoms with E-state index in [1.165, 1.54) is 13.2 Å². The second-order valence-corrected chi connectivity index (χ2v) is 3.52. The molecule has 1 amide bonds. The van der Waals surface area contributed by atoms with Crippen molar-refractivity contribution in [3.05, 3.63) is 29.8 Å². The number of amides is 1. The van der Waals surface area contributed by atoms with Crippen LogP contribution in [0.15, 0.2) is 24.3 Å². The number of phenols is 1. The number of phenolic OH excluding ortho intramolecular Hbond substituents is 1. The molecule has 17 heavy (non-hydrogen) atoms. The van der Waals surface area contributed by atoms with Crippen molar-refractivity contribution in [2.45, 2.75) is 12.8 Å². The molecule has 0 aliphatic rings. The molecule has 0 radical (unpaired) electrons. The second kappa shape index (κ2) is 6.52. The first-order valence-electron chi connectivity index (χ1n) is 5.23. The van der Waals surface area contributed by atoms with E-state index >= 15 is 0 Å². The van der Waals surface area contributed by atoms with Crippen LogP contribution in [0.3, 0.4) is 0 Å². The fourth-order valence-corrected chi connectivity index (χ4v) is 1.32. The van der Waals surface area contributed by atoms with Crippen molar-refractivity contribution < 1.29 is 19.4 Å². The molecule has 1 rings (SSSR count). The highest BCUT2D eigenvalue weighted by molar-refractivity contribution is 5.79. The van der Waals surface area contributed by atoms with Crippen molar-refractivity contribution in [1.29, 1.82) is 0 Å². The molecule has 0 saturated carbocycles. The van der Waals surface area contributed by atoms with Crippen LogP contribution in [0, 0.1) is 0 Å². The quantitative estimate of drug-likeness (QED) is 0.736. The largest absolute Gasteiger partial charge is 0.508 e. The summed E-state index contributed by atoms with van der Waals surface area (Å²) in [4.78, 5) is 22.2. The normalized spacial score (nSPS) is 9.71. The van der Waals surface area contributed by atoms with Gasteiger partial charge in [-0.1, -0.05) is 12.1 Å². The van der Waals surface area contributed by atoms with Crippen LogP contribution in [0.4, 0.5) is 0 Å². The lowest BCUT2D eigenvalue weighted by molar-refractivity contribution is -0.140. The Labute approximate surface area is 99.4 Å². The summed E-state index contributed by atoms with van der Waals surface area (Å²) in [5.74, 6) is -0.424. The number of methoxy groups -OCH3 is 1. The zero-order valence-corrected chi connectivity index (χ0v) is 9.60. The van der Waals surface area contributed by atoms with Gasteiger partial charge in [0.1, 0.15) is 5.75 Å². The van der Waals surface area contributed by atoms with Gasteiger partial charge in [-0.3, -0.25) is 9.59 Å². The molecule has 0 fully saturated rings. The maximum Gasteiger partial charge on any atom is 0.307 e. The number of hydrogen-bond acceptors (Lipinski definition) is 4. The molecule has 0 aromatic heterocycles. The molecular formula is C12H15NO4. The average molecular weight is 237 g/mol. The van der Waals surface area contributed by atoms with E-state index < -0.39 is 0 Å². The molecule has 0 aliphatic carbocycles. The minimum absolute atomic E-state index is 0.130. The maximum atomic E-state index is 11.4. The van der Waals surface area contributed by atoms with E-state index in [1.807, 2.05) is 0 Å². The molecule has 5 heteroatoms. The smallest absolute Gasteiger partial charge is 0.307 e. The van der Waals surface area contributed by atoms with Gasteiger partial charge >= 0.3 is 5.97 Å². The molecule has 0 unspecified atom stereocenters.